The van der Waals surface area contributed by atoms with Crippen LogP contribution in [0.25, 0.3) is 12.2 Å². The first-order valence-electron chi connectivity index (χ1n) is 12.3. The molecule has 2 heterocycles. The number of piperidine rings is 1. The van der Waals surface area contributed by atoms with Gasteiger partial charge in [0.25, 0.3) is 0 Å². The predicted molar refractivity (Wildman–Crippen MR) is 147 cm³/mol. The molecule has 0 amide bonds. The van der Waals surface area contributed by atoms with Crippen LogP contribution in [0.5, 0.6) is 11.5 Å². The van der Waals surface area contributed by atoms with E-state index in [1.807, 2.05) is 6.08 Å². The lowest BCUT2D eigenvalue weighted by atomic mass is 10.1. The molecule has 1 aromatic heterocycles. The lowest BCUT2D eigenvalue weighted by Crippen LogP contribution is -2.29. The number of aryl methyl sites for hydroxylation is 1. The van der Waals surface area contributed by atoms with Gasteiger partial charge < -0.3 is 19.8 Å². The van der Waals surface area contributed by atoms with Crippen LogP contribution in [-0.2, 0) is 14.3 Å². The summed E-state index contributed by atoms with van der Waals surface area (Å²) in [6.07, 6.45) is 9.12. The highest BCUT2D eigenvalue weighted by Gasteiger charge is 2.20. The number of anilines is 1. The smallest absolute Gasteiger partial charge is 0.340 e. The van der Waals surface area contributed by atoms with E-state index < -0.39 is 16.1 Å². The van der Waals surface area contributed by atoms with E-state index in [2.05, 4.69) is 9.88 Å². The molecule has 0 unspecified atom stereocenters. The molecule has 0 saturated carbocycles. The summed E-state index contributed by atoms with van der Waals surface area (Å²) in [6, 6.07) is 9.16. The number of rotatable bonds is 11. The number of aromatic carboxylic acids is 1. The van der Waals surface area contributed by atoms with E-state index in [-0.39, 0.29) is 41.6 Å². The van der Waals surface area contributed by atoms with Gasteiger partial charge in [-0.1, -0.05) is 35.6 Å². The largest absolute Gasteiger partial charge is 0.506 e. The lowest BCUT2D eigenvalue weighted by Gasteiger charge is -2.25. The molecule has 0 bridgehead atoms. The Morgan fingerprint density at radius 1 is 1.13 bits per heavy atom. The van der Waals surface area contributed by atoms with E-state index >= 15 is 0 Å². The van der Waals surface area contributed by atoms with Gasteiger partial charge in [-0.25, -0.2) is 9.78 Å². The Balaban J connectivity index is 1.36. The van der Waals surface area contributed by atoms with Crippen LogP contribution >= 0.6 is 11.3 Å². The van der Waals surface area contributed by atoms with Crippen molar-refractivity contribution in [2.24, 2.45) is 0 Å². The summed E-state index contributed by atoms with van der Waals surface area (Å²) in [6.45, 7) is 3.59. The molecular formula is C27H30N2O7S2. The van der Waals surface area contributed by atoms with Gasteiger partial charge in [0.15, 0.2) is 5.13 Å². The maximum atomic E-state index is 12.4. The molecule has 202 valence electrons. The number of carbonyl (C=O) groups is 1. The Morgan fingerprint density at radius 2 is 1.92 bits per heavy atom. The van der Waals surface area contributed by atoms with Crippen LogP contribution in [0.15, 0.2) is 47.5 Å². The predicted octanol–water partition coefficient (Wildman–Crippen LogP) is 5.19. The maximum Gasteiger partial charge on any atom is 0.340 e. The number of benzene rings is 2. The Bertz CT molecular complexity index is 1410. The minimum absolute atomic E-state index is 0.0163. The van der Waals surface area contributed by atoms with Gasteiger partial charge in [-0.3, -0.25) is 4.18 Å². The Labute approximate surface area is 226 Å². The molecule has 3 aromatic rings. The number of aromatic hydroxyl groups is 1. The molecule has 1 aliphatic heterocycles. The first-order valence-corrected chi connectivity index (χ1v) is 14.5. The van der Waals surface area contributed by atoms with Crippen LogP contribution in [0.2, 0.25) is 0 Å². The number of hydrogen-bond acceptors (Lipinski definition) is 9. The third-order valence-electron chi connectivity index (χ3n) is 6.01. The van der Waals surface area contributed by atoms with Gasteiger partial charge in [-0.15, -0.1) is 0 Å². The van der Waals surface area contributed by atoms with Crippen molar-refractivity contribution < 1.29 is 32.3 Å². The zero-order chi connectivity index (χ0) is 27.1. The molecule has 2 aromatic carbocycles. The van der Waals surface area contributed by atoms with Crippen molar-refractivity contribution in [3.63, 3.8) is 0 Å². The monoisotopic (exact) mass is 558 g/mol. The summed E-state index contributed by atoms with van der Waals surface area (Å²) in [4.78, 5) is 19.4. The van der Waals surface area contributed by atoms with Crippen molar-refractivity contribution in [3.05, 3.63) is 64.2 Å². The second-order valence-corrected chi connectivity index (χ2v) is 11.5. The molecule has 0 atom stereocenters. The molecule has 0 radical (unpaired) electrons. The number of thiazole rings is 1. The topological polar surface area (TPSA) is 126 Å². The number of carboxylic acids is 1. The van der Waals surface area contributed by atoms with Gasteiger partial charge >= 0.3 is 16.1 Å². The highest BCUT2D eigenvalue weighted by atomic mass is 32.2. The van der Waals surface area contributed by atoms with Gasteiger partial charge in [0.1, 0.15) is 22.0 Å². The molecule has 1 saturated heterocycles. The fourth-order valence-corrected chi connectivity index (χ4v) is 5.99. The zero-order valence-electron chi connectivity index (χ0n) is 21.0. The van der Waals surface area contributed by atoms with Crippen LogP contribution in [0.3, 0.4) is 0 Å². The molecule has 0 aliphatic carbocycles. The average Bonchev–Trinajstić information content (AvgIpc) is 3.36. The summed E-state index contributed by atoms with van der Waals surface area (Å²) < 4.78 is 35.4. The van der Waals surface area contributed by atoms with Gasteiger partial charge in [0.2, 0.25) is 0 Å². The van der Waals surface area contributed by atoms with Crippen molar-refractivity contribution in [2.75, 3.05) is 31.2 Å². The minimum Gasteiger partial charge on any atom is -0.506 e. The van der Waals surface area contributed by atoms with Crippen LogP contribution in [0.4, 0.5) is 5.13 Å². The Hall–Kier alpha value is -3.41. The van der Waals surface area contributed by atoms with Gasteiger partial charge in [0, 0.05) is 30.6 Å². The fourth-order valence-electron chi connectivity index (χ4n) is 4.11. The SMILES string of the molecule is Cc1ccc(S(=O)(=O)OCCCOc2cccc(/C=C/c3cnc(N4CCCCC4)s3)c2C(=O)O)c(O)c1. The third-order valence-corrected chi connectivity index (χ3v) is 8.39. The molecule has 2 N–H and O–H groups in total. The zero-order valence-corrected chi connectivity index (χ0v) is 22.6. The molecule has 0 spiro atoms. The second-order valence-electron chi connectivity index (χ2n) is 8.90. The van der Waals surface area contributed by atoms with Crippen molar-refractivity contribution in [2.45, 2.75) is 37.5 Å². The fraction of sp³-hybridized carbons (Fsp3) is 0.333. The summed E-state index contributed by atoms with van der Waals surface area (Å²) in [5.74, 6) is -1.33. The van der Waals surface area contributed by atoms with Crippen molar-refractivity contribution >= 4 is 44.7 Å². The summed E-state index contributed by atoms with van der Waals surface area (Å²) >= 11 is 1.57. The summed E-state index contributed by atoms with van der Waals surface area (Å²) in [5.41, 5.74) is 1.22. The first-order chi connectivity index (χ1) is 18.2. The average molecular weight is 559 g/mol. The number of hydrogen-bond donors (Lipinski definition) is 2. The normalized spacial score (nSPS) is 14.2. The first kappa shape index (κ1) is 27.6. The number of ether oxygens (including phenoxy) is 1. The minimum atomic E-state index is -4.14. The highest BCUT2D eigenvalue weighted by molar-refractivity contribution is 7.86. The molecule has 38 heavy (non-hydrogen) atoms. The quantitative estimate of drug-likeness (QED) is 0.241. The molecule has 4 rings (SSSR count). The third kappa shape index (κ3) is 6.91. The number of carboxylic acid groups (broad SMARTS) is 1. The lowest BCUT2D eigenvalue weighted by molar-refractivity contribution is 0.0692. The number of nitrogens with zero attached hydrogens (tertiary/aromatic N) is 2. The number of phenolic OH excluding ortho intramolecular Hbond substituents is 1. The van der Waals surface area contributed by atoms with E-state index in [4.69, 9.17) is 8.92 Å². The van der Waals surface area contributed by atoms with E-state index in [1.54, 1.807) is 54.8 Å². The van der Waals surface area contributed by atoms with Crippen LogP contribution < -0.4 is 9.64 Å². The molecule has 9 nitrogen and oxygen atoms in total. The van der Waals surface area contributed by atoms with Crippen LogP contribution in [0, 0.1) is 6.92 Å². The standard InChI is InChI=1S/C27H30N2O7S2/c1-19-9-12-24(22(30)17-19)38(33,34)36-16-6-15-35-23-8-5-7-20(25(23)26(31)32)10-11-21-18-28-27(37-21)29-13-3-2-4-14-29/h5,7-12,17-18,30H,2-4,6,13-16H2,1H3,(H,31,32)/b11-10+. The Kier molecular flexibility index (Phi) is 9.03. The highest BCUT2D eigenvalue weighted by Crippen LogP contribution is 2.29. The van der Waals surface area contributed by atoms with Gasteiger partial charge in [-0.05, 0) is 61.6 Å². The number of aromatic nitrogens is 1. The molecule has 11 heteroatoms. The van der Waals surface area contributed by atoms with Crippen molar-refractivity contribution in [3.8, 4) is 11.5 Å². The van der Waals surface area contributed by atoms with E-state index in [0.29, 0.717) is 5.56 Å². The van der Waals surface area contributed by atoms with Gasteiger partial charge in [-0.2, -0.15) is 8.42 Å². The molecule has 1 aliphatic rings. The van der Waals surface area contributed by atoms with E-state index in [9.17, 15) is 23.4 Å². The number of phenols is 1. The van der Waals surface area contributed by atoms with E-state index in [1.165, 1.54) is 18.6 Å². The van der Waals surface area contributed by atoms with E-state index in [0.717, 1.165) is 41.5 Å². The summed E-state index contributed by atoms with van der Waals surface area (Å²) in [7, 11) is -4.14. The second kappa shape index (κ2) is 12.4. The maximum absolute atomic E-state index is 12.4. The van der Waals surface area contributed by atoms with Crippen LogP contribution in [-0.4, -0.2) is 55.9 Å². The molecular weight excluding hydrogens is 528 g/mol. The Morgan fingerprint density at radius 3 is 2.66 bits per heavy atom. The molecule has 1 fully saturated rings. The van der Waals surface area contributed by atoms with Crippen molar-refractivity contribution in [1.29, 1.82) is 0 Å². The van der Waals surface area contributed by atoms with Gasteiger partial charge in [0.05, 0.1) is 13.2 Å². The van der Waals surface area contributed by atoms with Crippen LogP contribution in [0.1, 0.15) is 52.0 Å². The summed E-state index contributed by atoms with van der Waals surface area (Å²) in [5, 5.41) is 20.7. The van der Waals surface area contributed by atoms with Crippen molar-refractivity contribution in [1.82, 2.24) is 4.98 Å².